The van der Waals surface area contributed by atoms with Crippen LogP contribution in [0.15, 0.2) is 4.99 Å². The van der Waals surface area contributed by atoms with Gasteiger partial charge in [-0.15, -0.1) is 0 Å². The Labute approximate surface area is 159 Å². The molecule has 1 unspecified atom stereocenters. The number of hydrogen-bond acceptors (Lipinski definition) is 4. The first-order valence-corrected chi connectivity index (χ1v) is 9.96. The lowest BCUT2D eigenvalue weighted by Crippen LogP contribution is -2.54. The van der Waals surface area contributed by atoms with Gasteiger partial charge in [0.05, 0.1) is 12.6 Å². The van der Waals surface area contributed by atoms with Crippen LogP contribution in [0.4, 0.5) is 0 Å². The van der Waals surface area contributed by atoms with Gasteiger partial charge in [0, 0.05) is 52.4 Å². The molecule has 1 saturated heterocycles. The number of piperazine rings is 1. The Morgan fingerprint density at radius 2 is 1.81 bits per heavy atom. The number of nitrogens with one attached hydrogen (secondary N) is 2. The van der Waals surface area contributed by atoms with E-state index in [0.29, 0.717) is 12.5 Å². The van der Waals surface area contributed by atoms with E-state index in [4.69, 9.17) is 4.74 Å². The van der Waals surface area contributed by atoms with Crippen LogP contribution in [0.1, 0.15) is 41.0 Å². The van der Waals surface area contributed by atoms with Gasteiger partial charge in [0.1, 0.15) is 0 Å². The molecule has 0 aromatic rings. The topological polar surface area (TPSA) is 69.2 Å². The van der Waals surface area contributed by atoms with E-state index in [1.54, 1.807) is 0 Å². The number of aliphatic imine (C=N–C) groups is 1. The summed E-state index contributed by atoms with van der Waals surface area (Å²) in [6.07, 6.45) is 1.25. The molecule has 152 valence electrons. The Bertz CT molecular complexity index is 432. The summed E-state index contributed by atoms with van der Waals surface area (Å²) < 4.78 is 5.80. The van der Waals surface area contributed by atoms with Gasteiger partial charge in [-0.1, -0.05) is 13.8 Å². The van der Waals surface area contributed by atoms with E-state index in [9.17, 15) is 4.79 Å². The minimum atomic E-state index is 0.103. The molecular formula is C19H39N5O2. The standard InChI is InChI=1S/C19H39N5O2/c1-7-26-17(15(2)3)8-9-21-19(20-6)24-12-10-23(11-13-24)14-18(25)22-16(4)5/h15-17H,7-14H2,1-6H3,(H,20,21)(H,22,25). The molecule has 1 amide bonds. The second-order valence-corrected chi connectivity index (χ2v) is 7.49. The lowest BCUT2D eigenvalue weighted by molar-refractivity contribution is -0.123. The SMILES string of the molecule is CCOC(CCNC(=NC)N1CCN(CC(=O)NC(C)C)CC1)C(C)C. The average Bonchev–Trinajstić information content (AvgIpc) is 2.57. The molecule has 7 heteroatoms. The molecule has 0 spiro atoms. The van der Waals surface area contributed by atoms with E-state index in [-0.39, 0.29) is 18.1 Å². The van der Waals surface area contributed by atoms with Crippen molar-refractivity contribution in [2.24, 2.45) is 10.9 Å². The number of carbonyl (C=O) groups excluding carboxylic acids is 1. The molecule has 0 saturated carbocycles. The van der Waals surface area contributed by atoms with Crippen LogP contribution in [0.5, 0.6) is 0 Å². The summed E-state index contributed by atoms with van der Waals surface area (Å²) in [5, 5.41) is 6.41. The Morgan fingerprint density at radius 1 is 1.15 bits per heavy atom. The van der Waals surface area contributed by atoms with Crippen molar-refractivity contribution in [1.82, 2.24) is 20.4 Å². The van der Waals surface area contributed by atoms with Gasteiger partial charge in [-0.3, -0.25) is 14.7 Å². The van der Waals surface area contributed by atoms with Crippen molar-refractivity contribution in [2.75, 3.05) is 52.9 Å². The predicted octanol–water partition coefficient (Wildman–Crippen LogP) is 1.16. The van der Waals surface area contributed by atoms with Gasteiger partial charge in [0.15, 0.2) is 5.96 Å². The second-order valence-electron chi connectivity index (χ2n) is 7.49. The van der Waals surface area contributed by atoms with Crippen molar-refractivity contribution in [2.45, 2.75) is 53.2 Å². The van der Waals surface area contributed by atoms with Crippen molar-refractivity contribution < 1.29 is 9.53 Å². The Balaban J connectivity index is 2.36. The van der Waals surface area contributed by atoms with E-state index in [2.05, 4.69) is 39.3 Å². The Morgan fingerprint density at radius 3 is 2.31 bits per heavy atom. The van der Waals surface area contributed by atoms with Crippen LogP contribution in [-0.2, 0) is 9.53 Å². The zero-order valence-electron chi connectivity index (χ0n) is 17.5. The highest BCUT2D eigenvalue weighted by Crippen LogP contribution is 2.10. The van der Waals surface area contributed by atoms with E-state index < -0.39 is 0 Å². The fraction of sp³-hybridized carbons (Fsp3) is 0.895. The zero-order chi connectivity index (χ0) is 19.5. The maximum Gasteiger partial charge on any atom is 0.234 e. The number of rotatable bonds is 9. The molecule has 0 radical (unpaired) electrons. The molecule has 1 aliphatic heterocycles. The summed E-state index contributed by atoms with van der Waals surface area (Å²) in [7, 11) is 1.83. The lowest BCUT2D eigenvalue weighted by atomic mass is 10.0. The van der Waals surface area contributed by atoms with Crippen molar-refractivity contribution in [3.8, 4) is 0 Å². The molecule has 0 bridgehead atoms. The van der Waals surface area contributed by atoms with Gasteiger partial charge in [0.2, 0.25) is 5.91 Å². The van der Waals surface area contributed by atoms with E-state index in [1.165, 1.54) is 0 Å². The molecular weight excluding hydrogens is 330 g/mol. The summed E-state index contributed by atoms with van der Waals surface area (Å²) in [6.45, 7) is 16.0. The summed E-state index contributed by atoms with van der Waals surface area (Å²) in [5.41, 5.74) is 0. The summed E-state index contributed by atoms with van der Waals surface area (Å²) in [6, 6.07) is 0.193. The average molecular weight is 370 g/mol. The molecule has 1 atom stereocenters. The molecule has 7 nitrogen and oxygen atoms in total. The van der Waals surface area contributed by atoms with Crippen LogP contribution >= 0.6 is 0 Å². The maximum absolute atomic E-state index is 11.9. The molecule has 26 heavy (non-hydrogen) atoms. The smallest absolute Gasteiger partial charge is 0.234 e. The van der Waals surface area contributed by atoms with Gasteiger partial charge in [-0.05, 0) is 33.1 Å². The third-order valence-electron chi connectivity index (χ3n) is 4.54. The number of amides is 1. The minimum absolute atomic E-state index is 0.103. The van der Waals surface area contributed by atoms with Crippen molar-refractivity contribution in [3.63, 3.8) is 0 Å². The summed E-state index contributed by atoms with van der Waals surface area (Å²) in [5.74, 6) is 1.56. The van der Waals surface area contributed by atoms with Crippen molar-refractivity contribution >= 4 is 11.9 Å². The predicted molar refractivity (Wildman–Crippen MR) is 108 cm³/mol. The van der Waals surface area contributed by atoms with Crippen molar-refractivity contribution in [3.05, 3.63) is 0 Å². The summed E-state index contributed by atoms with van der Waals surface area (Å²) >= 11 is 0. The van der Waals surface area contributed by atoms with Crippen LogP contribution in [0.2, 0.25) is 0 Å². The van der Waals surface area contributed by atoms with Crippen LogP contribution in [0.3, 0.4) is 0 Å². The highest BCUT2D eigenvalue weighted by Gasteiger charge is 2.21. The zero-order valence-corrected chi connectivity index (χ0v) is 17.5. The molecule has 1 aliphatic rings. The first-order chi connectivity index (χ1) is 12.4. The maximum atomic E-state index is 11.9. The van der Waals surface area contributed by atoms with Gasteiger partial charge in [-0.2, -0.15) is 0 Å². The third kappa shape index (κ3) is 8.36. The first-order valence-electron chi connectivity index (χ1n) is 9.96. The largest absolute Gasteiger partial charge is 0.378 e. The van der Waals surface area contributed by atoms with E-state index in [1.807, 2.05) is 27.8 Å². The normalized spacial score (nSPS) is 17.7. The first kappa shape index (κ1) is 22.7. The van der Waals surface area contributed by atoms with Crippen LogP contribution in [-0.4, -0.2) is 86.7 Å². The monoisotopic (exact) mass is 369 g/mol. The highest BCUT2D eigenvalue weighted by molar-refractivity contribution is 5.80. The minimum Gasteiger partial charge on any atom is -0.378 e. The molecule has 1 rings (SSSR count). The fourth-order valence-electron chi connectivity index (χ4n) is 3.17. The van der Waals surface area contributed by atoms with Gasteiger partial charge in [-0.25, -0.2) is 0 Å². The molecule has 0 aliphatic carbocycles. The van der Waals surface area contributed by atoms with Gasteiger partial charge >= 0.3 is 0 Å². The molecule has 2 N–H and O–H groups in total. The Kier molecular flexibility index (Phi) is 10.6. The molecule has 1 fully saturated rings. The Hall–Kier alpha value is -1.34. The molecule has 0 aromatic carbocycles. The lowest BCUT2D eigenvalue weighted by Gasteiger charge is -2.36. The fourth-order valence-corrected chi connectivity index (χ4v) is 3.17. The van der Waals surface area contributed by atoms with Crippen LogP contribution in [0.25, 0.3) is 0 Å². The number of carbonyl (C=O) groups is 1. The highest BCUT2D eigenvalue weighted by atomic mass is 16.5. The van der Waals surface area contributed by atoms with E-state index in [0.717, 1.165) is 51.7 Å². The van der Waals surface area contributed by atoms with E-state index >= 15 is 0 Å². The second kappa shape index (κ2) is 12.1. The number of ether oxygens (including phenoxy) is 1. The number of nitrogens with zero attached hydrogens (tertiary/aromatic N) is 3. The van der Waals surface area contributed by atoms with Crippen LogP contribution < -0.4 is 10.6 Å². The number of hydrogen-bond donors (Lipinski definition) is 2. The van der Waals surface area contributed by atoms with Gasteiger partial charge in [0.25, 0.3) is 0 Å². The van der Waals surface area contributed by atoms with Crippen molar-refractivity contribution in [1.29, 1.82) is 0 Å². The summed E-state index contributed by atoms with van der Waals surface area (Å²) in [4.78, 5) is 20.8. The van der Waals surface area contributed by atoms with Crippen LogP contribution in [0, 0.1) is 5.92 Å². The van der Waals surface area contributed by atoms with Gasteiger partial charge < -0.3 is 20.3 Å². The molecule has 0 aromatic heterocycles. The number of guanidine groups is 1. The third-order valence-corrected chi connectivity index (χ3v) is 4.54. The quantitative estimate of drug-likeness (QED) is 0.471. The molecule has 1 heterocycles.